The van der Waals surface area contributed by atoms with Gasteiger partial charge in [0.1, 0.15) is 10.0 Å². The summed E-state index contributed by atoms with van der Waals surface area (Å²) in [7, 11) is 0. The standard InChI is InChI=1S/C10H16ClN3S/c1-2-8-3-5-14(6-4-8)7-9-10(11)15-13-12-9/h8H,2-7H2,1H3. The maximum Gasteiger partial charge on any atom is 0.138 e. The smallest absolute Gasteiger partial charge is 0.138 e. The molecule has 0 radical (unpaired) electrons. The second-order valence-electron chi connectivity index (χ2n) is 4.12. The molecule has 5 heteroatoms. The Balaban J connectivity index is 1.85. The van der Waals surface area contributed by atoms with E-state index in [0.29, 0.717) is 0 Å². The Morgan fingerprint density at radius 1 is 1.47 bits per heavy atom. The highest BCUT2D eigenvalue weighted by Gasteiger charge is 2.19. The molecule has 0 aromatic carbocycles. The van der Waals surface area contributed by atoms with Crippen LogP contribution in [0.5, 0.6) is 0 Å². The van der Waals surface area contributed by atoms with Gasteiger partial charge in [0.25, 0.3) is 0 Å². The van der Waals surface area contributed by atoms with Crippen molar-refractivity contribution in [3.05, 3.63) is 10.0 Å². The predicted octanol–water partition coefficient (Wildman–Crippen LogP) is 2.81. The summed E-state index contributed by atoms with van der Waals surface area (Å²) in [6, 6.07) is 0. The maximum absolute atomic E-state index is 5.98. The second kappa shape index (κ2) is 5.23. The van der Waals surface area contributed by atoms with Crippen molar-refractivity contribution in [3.63, 3.8) is 0 Å². The van der Waals surface area contributed by atoms with Crippen molar-refractivity contribution >= 4 is 23.1 Å². The molecule has 0 N–H and O–H groups in total. The van der Waals surface area contributed by atoms with Crippen molar-refractivity contribution in [3.8, 4) is 0 Å². The summed E-state index contributed by atoms with van der Waals surface area (Å²) in [4.78, 5) is 2.43. The highest BCUT2D eigenvalue weighted by atomic mass is 35.5. The Hall–Kier alpha value is -0.190. The Kier molecular flexibility index (Phi) is 3.94. The van der Waals surface area contributed by atoms with E-state index in [4.69, 9.17) is 11.6 Å². The molecule has 2 heterocycles. The van der Waals surface area contributed by atoms with Crippen LogP contribution in [0.2, 0.25) is 4.34 Å². The minimum atomic E-state index is 0.743. The highest BCUT2D eigenvalue weighted by molar-refractivity contribution is 7.10. The molecular weight excluding hydrogens is 230 g/mol. The van der Waals surface area contributed by atoms with Crippen molar-refractivity contribution in [1.29, 1.82) is 0 Å². The van der Waals surface area contributed by atoms with Gasteiger partial charge in [-0.2, -0.15) is 0 Å². The van der Waals surface area contributed by atoms with Crippen molar-refractivity contribution in [2.45, 2.75) is 32.7 Å². The molecule has 84 valence electrons. The molecule has 3 nitrogen and oxygen atoms in total. The molecule has 1 aliphatic rings. The molecular formula is C10H16ClN3S. The minimum Gasteiger partial charge on any atom is -0.297 e. The largest absolute Gasteiger partial charge is 0.297 e. The average Bonchev–Trinajstić information content (AvgIpc) is 2.66. The second-order valence-corrected chi connectivity index (χ2v) is 5.48. The molecule has 1 aromatic rings. The topological polar surface area (TPSA) is 29.0 Å². The van der Waals surface area contributed by atoms with Gasteiger partial charge in [-0.15, -0.1) is 5.10 Å². The zero-order chi connectivity index (χ0) is 10.7. The number of halogens is 1. The van der Waals surface area contributed by atoms with Crippen LogP contribution in [0.3, 0.4) is 0 Å². The van der Waals surface area contributed by atoms with Crippen molar-refractivity contribution in [1.82, 2.24) is 14.5 Å². The predicted molar refractivity (Wildman–Crippen MR) is 63.2 cm³/mol. The SMILES string of the molecule is CCC1CCN(Cc2nnsc2Cl)CC1. The lowest BCUT2D eigenvalue weighted by atomic mass is 9.94. The monoisotopic (exact) mass is 245 g/mol. The van der Waals surface area contributed by atoms with E-state index in [2.05, 4.69) is 21.4 Å². The lowest BCUT2D eigenvalue weighted by molar-refractivity contribution is 0.173. The fourth-order valence-corrected chi connectivity index (χ4v) is 2.67. The minimum absolute atomic E-state index is 0.743. The third kappa shape index (κ3) is 2.89. The van der Waals surface area contributed by atoms with Gasteiger partial charge in [0.15, 0.2) is 0 Å². The number of hydrogen-bond donors (Lipinski definition) is 0. The van der Waals surface area contributed by atoms with Gasteiger partial charge in [0.05, 0.1) is 0 Å². The van der Waals surface area contributed by atoms with Crippen LogP contribution in [-0.2, 0) is 6.54 Å². The summed E-state index contributed by atoms with van der Waals surface area (Å²) in [6.07, 6.45) is 3.93. The Morgan fingerprint density at radius 2 is 2.20 bits per heavy atom. The molecule has 0 bridgehead atoms. The Labute approximate surface area is 99.6 Å². The van der Waals surface area contributed by atoms with Crippen LogP contribution < -0.4 is 0 Å². The number of likely N-dealkylation sites (tertiary alicyclic amines) is 1. The van der Waals surface area contributed by atoms with E-state index in [1.807, 2.05) is 0 Å². The average molecular weight is 246 g/mol. The summed E-state index contributed by atoms with van der Waals surface area (Å²) in [5, 5.41) is 4.04. The number of aromatic nitrogens is 2. The van der Waals surface area contributed by atoms with Crippen LogP contribution in [0.4, 0.5) is 0 Å². The molecule has 0 amide bonds. The summed E-state index contributed by atoms with van der Waals surface area (Å²) in [5.74, 6) is 0.922. The first-order valence-corrected chi connectivity index (χ1v) is 6.63. The Morgan fingerprint density at radius 3 is 2.73 bits per heavy atom. The summed E-state index contributed by atoms with van der Waals surface area (Å²) < 4.78 is 4.59. The van der Waals surface area contributed by atoms with Gasteiger partial charge in [-0.05, 0) is 31.8 Å². The summed E-state index contributed by atoms with van der Waals surface area (Å²) >= 11 is 7.26. The lowest BCUT2D eigenvalue weighted by Gasteiger charge is -2.30. The third-order valence-corrected chi connectivity index (χ3v) is 4.15. The molecule has 15 heavy (non-hydrogen) atoms. The van der Waals surface area contributed by atoms with Crippen LogP contribution in [0.15, 0.2) is 0 Å². The fraction of sp³-hybridized carbons (Fsp3) is 0.800. The Bertz CT molecular complexity index is 307. The molecule has 1 aromatic heterocycles. The van der Waals surface area contributed by atoms with E-state index >= 15 is 0 Å². The van der Waals surface area contributed by atoms with Gasteiger partial charge in [-0.3, -0.25) is 4.90 Å². The third-order valence-electron chi connectivity index (χ3n) is 3.17. The number of nitrogens with zero attached hydrogens (tertiary/aromatic N) is 3. The van der Waals surface area contributed by atoms with Gasteiger partial charge in [0.2, 0.25) is 0 Å². The first-order valence-electron chi connectivity index (χ1n) is 5.48. The molecule has 0 atom stereocenters. The zero-order valence-corrected chi connectivity index (χ0v) is 10.5. The number of piperidine rings is 1. The quantitative estimate of drug-likeness (QED) is 0.820. The van der Waals surface area contributed by atoms with Gasteiger partial charge in [-0.1, -0.05) is 29.4 Å². The molecule has 2 rings (SSSR count). The van der Waals surface area contributed by atoms with E-state index in [1.165, 1.54) is 43.9 Å². The van der Waals surface area contributed by atoms with Crippen LogP contribution >= 0.6 is 23.1 Å². The van der Waals surface area contributed by atoms with E-state index in [-0.39, 0.29) is 0 Å². The fourth-order valence-electron chi connectivity index (χ4n) is 2.06. The van der Waals surface area contributed by atoms with Crippen molar-refractivity contribution in [2.75, 3.05) is 13.1 Å². The van der Waals surface area contributed by atoms with Crippen molar-refractivity contribution < 1.29 is 0 Å². The molecule has 1 saturated heterocycles. The first-order chi connectivity index (χ1) is 7.29. The molecule has 0 saturated carbocycles. The zero-order valence-electron chi connectivity index (χ0n) is 8.95. The van der Waals surface area contributed by atoms with E-state index in [0.717, 1.165) is 22.5 Å². The first kappa shape index (κ1) is 11.3. The van der Waals surface area contributed by atoms with E-state index in [1.54, 1.807) is 0 Å². The van der Waals surface area contributed by atoms with Crippen molar-refractivity contribution in [2.24, 2.45) is 5.92 Å². The molecule has 1 aliphatic heterocycles. The van der Waals surface area contributed by atoms with Gasteiger partial charge in [0, 0.05) is 18.1 Å². The molecule has 0 spiro atoms. The maximum atomic E-state index is 5.98. The van der Waals surface area contributed by atoms with Gasteiger partial charge >= 0.3 is 0 Å². The van der Waals surface area contributed by atoms with Crippen LogP contribution in [0.1, 0.15) is 31.9 Å². The summed E-state index contributed by atoms with van der Waals surface area (Å²) in [5.41, 5.74) is 0.941. The van der Waals surface area contributed by atoms with Gasteiger partial charge in [-0.25, -0.2) is 0 Å². The van der Waals surface area contributed by atoms with Crippen LogP contribution in [-0.4, -0.2) is 27.6 Å². The van der Waals surface area contributed by atoms with Gasteiger partial charge < -0.3 is 0 Å². The normalized spacial score (nSPS) is 19.6. The number of hydrogen-bond acceptors (Lipinski definition) is 4. The molecule has 1 fully saturated rings. The van der Waals surface area contributed by atoms with E-state index in [9.17, 15) is 0 Å². The molecule has 0 unspecified atom stereocenters. The van der Waals surface area contributed by atoms with Crippen LogP contribution in [0, 0.1) is 5.92 Å². The molecule has 0 aliphatic carbocycles. The number of rotatable bonds is 3. The highest BCUT2D eigenvalue weighted by Crippen LogP contribution is 2.23. The lowest BCUT2D eigenvalue weighted by Crippen LogP contribution is -2.33. The van der Waals surface area contributed by atoms with Crippen LogP contribution in [0.25, 0.3) is 0 Å². The van der Waals surface area contributed by atoms with E-state index < -0.39 is 0 Å². The summed E-state index contributed by atoms with van der Waals surface area (Å²) in [6.45, 7) is 5.49.